The van der Waals surface area contributed by atoms with Crippen molar-refractivity contribution >= 4 is 0 Å². The van der Waals surface area contributed by atoms with E-state index >= 15 is 0 Å². The first-order valence-electron chi connectivity index (χ1n) is 5.63. The third-order valence-electron chi connectivity index (χ3n) is 4.04. The Balaban J connectivity index is 2.12. The van der Waals surface area contributed by atoms with Gasteiger partial charge in [-0.25, -0.2) is 4.39 Å². The minimum Gasteiger partial charge on any atom is -0.301 e. The Morgan fingerprint density at radius 2 is 2.00 bits per heavy atom. The maximum absolute atomic E-state index is 13.5. The van der Waals surface area contributed by atoms with Gasteiger partial charge in [0.1, 0.15) is 6.17 Å². The predicted octanol–water partition coefficient (Wildman–Crippen LogP) is 1.67. The van der Waals surface area contributed by atoms with Crippen LogP contribution >= 0.6 is 0 Å². The van der Waals surface area contributed by atoms with E-state index in [-0.39, 0.29) is 11.5 Å². The van der Waals surface area contributed by atoms with Gasteiger partial charge in [-0.15, -0.1) is 0 Å². The van der Waals surface area contributed by atoms with Crippen LogP contribution in [0.2, 0.25) is 0 Å². The Bertz CT molecular complexity index is 217. The van der Waals surface area contributed by atoms with Crippen LogP contribution < -0.4 is 10.6 Å². The van der Waals surface area contributed by atoms with Crippen molar-refractivity contribution in [1.29, 1.82) is 0 Å². The van der Waals surface area contributed by atoms with Gasteiger partial charge in [-0.05, 0) is 38.5 Å². The normalized spacial score (nSPS) is 47.1. The monoisotopic (exact) mass is 200 g/mol. The molecule has 1 heterocycles. The van der Waals surface area contributed by atoms with E-state index in [9.17, 15) is 4.39 Å². The van der Waals surface area contributed by atoms with Crippen LogP contribution in [0.25, 0.3) is 0 Å². The molecule has 0 radical (unpaired) electrons. The SMILES string of the molecule is C[C@@H]1CC2C(C[C@@H]1F)NCNC2(C)C. The molecule has 1 saturated heterocycles. The van der Waals surface area contributed by atoms with E-state index in [1.165, 1.54) is 0 Å². The fraction of sp³-hybridized carbons (Fsp3) is 1.00. The number of nitrogens with one attached hydrogen (secondary N) is 2. The van der Waals surface area contributed by atoms with E-state index in [1.807, 2.05) is 6.92 Å². The highest BCUT2D eigenvalue weighted by Crippen LogP contribution is 2.38. The van der Waals surface area contributed by atoms with E-state index in [1.54, 1.807) is 0 Å². The van der Waals surface area contributed by atoms with E-state index in [2.05, 4.69) is 24.5 Å². The fourth-order valence-electron chi connectivity index (χ4n) is 2.92. The molecule has 1 aliphatic heterocycles. The van der Waals surface area contributed by atoms with Gasteiger partial charge in [0, 0.05) is 18.2 Å². The lowest BCUT2D eigenvalue weighted by Gasteiger charge is -2.50. The minimum atomic E-state index is -0.613. The van der Waals surface area contributed by atoms with Gasteiger partial charge in [0.05, 0.1) is 0 Å². The Morgan fingerprint density at radius 3 is 2.71 bits per heavy atom. The molecule has 0 aromatic rings. The van der Waals surface area contributed by atoms with Crippen molar-refractivity contribution < 1.29 is 4.39 Å². The van der Waals surface area contributed by atoms with Gasteiger partial charge < -0.3 is 5.32 Å². The number of hydrogen-bond acceptors (Lipinski definition) is 2. The van der Waals surface area contributed by atoms with Crippen LogP contribution in [0, 0.1) is 11.8 Å². The molecule has 82 valence electrons. The van der Waals surface area contributed by atoms with Gasteiger partial charge in [0.2, 0.25) is 0 Å². The van der Waals surface area contributed by atoms with Crippen LogP contribution in [0.1, 0.15) is 33.6 Å². The molecule has 0 bridgehead atoms. The van der Waals surface area contributed by atoms with Crippen LogP contribution in [0.15, 0.2) is 0 Å². The van der Waals surface area contributed by atoms with Gasteiger partial charge in [-0.2, -0.15) is 0 Å². The molecular weight excluding hydrogens is 179 g/mol. The zero-order valence-electron chi connectivity index (χ0n) is 9.31. The van der Waals surface area contributed by atoms with Crippen molar-refractivity contribution in [1.82, 2.24) is 10.6 Å². The van der Waals surface area contributed by atoms with Crippen LogP contribution in [0.3, 0.4) is 0 Å². The molecule has 14 heavy (non-hydrogen) atoms. The molecule has 1 aliphatic carbocycles. The third kappa shape index (κ3) is 1.68. The maximum atomic E-state index is 13.5. The molecular formula is C11H21FN2. The summed E-state index contributed by atoms with van der Waals surface area (Å²) < 4.78 is 13.5. The predicted molar refractivity (Wildman–Crippen MR) is 55.8 cm³/mol. The Kier molecular flexibility index (Phi) is 2.56. The summed E-state index contributed by atoms with van der Waals surface area (Å²) in [4.78, 5) is 0. The summed E-state index contributed by atoms with van der Waals surface area (Å²) in [6.07, 6.45) is 1.08. The smallest absolute Gasteiger partial charge is 0.104 e. The summed E-state index contributed by atoms with van der Waals surface area (Å²) in [6.45, 7) is 7.31. The molecule has 2 rings (SSSR count). The highest BCUT2D eigenvalue weighted by molar-refractivity contribution is 5.01. The van der Waals surface area contributed by atoms with Gasteiger partial charge in [0.15, 0.2) is 0 Å². The average Bonchev–Trinajstić information content (AvgIpc) is 2.08. The van der Waals surface area contributed by atoms with Crippen molar-refractivity contribution in [3.05, 3.63) is 0 Å². The molecule has 2 fully saturated rings. The summed E-state index contributed by atoms with van der Waals surface area (Å²) in [5, 5.41) is 6.84. The topological polar surface area (TPSA) is 24.1 Å². The van der Waals surface area contributed by atoms with Crippen molar-refractivity contribution in [2.75, 3.05) is 6.67 Å². The molecule has 0 amide bonds. The molecule has 0 spiro atoms. The summed E-state index contributed by atoms with van der Waals surface area (Å²) in [7, 11) is 0. The van der Waals surface area contributed by atoms with Crippen molar-refractivity contribution in [2.24, 2.45) is 11.8 Å². The fourth-order valence-corrected chi connectivity index (χ4v) is 2.92. The summed E-state index contributed by atoms with van der Waals surface area (Å²) in [5.74, 6) is 0.787. The second-order valence-electron chi connectivity index (χ2n) is 5.46. The first kappa shape index (κ1) is 10.4. The summed E-state index contributed by atoms with van der Waals surface area (Å²) in [6, 6.07) is 0.373. The number of rotatable bonds is 0. The van der Waals surface area contributed by atoms with E-state index in [0.717, 1.165) is 13.1 Å². The second kappa shape index (κ2) is 3.46. The van der Waals surface area contributed by atoms with Gasteiger partial charge in [-0.3, -0.25) is 5.32 Å². The van der Waals surface area contributed by atoms with Crippen LogP contribution in [0.5, 0.6) is 0 Å². The lowest BCUT2D eigenvalue weighted by Crippen LogP contribution is -2.65. The molecule has 1 saturated carbocycles. The minimum absolute atomic E-state index is 0.157. The zero-order chi connectivity index (χ0) is 10.3. The summed E-state index contributed by atoms with van der Waals surface area (Å²) in [5.41, 5.74) is 0.157. The van der Waals surface area contributed by atoms with Crippen LogP contribution in [0.4, 0.5) is 4.39 Å². The largest absolute Gasteiger partial charge is 0.301 e. The lowest BCUT2D eigenvalue weighted by molar-refractivity contribution is 0.0339. The molecule has 0 aromatic heterocycles. The van der Waals surface area contributed by atoms with E-state index in [0.29, 0.717) is 18.4 Å². The number of alkyl halides is 1. The molecule has 3 heteroatoms. The second-order valence-corrected chi connectivity index (χ2v) is 5.46. The highest BCUT2D eigenvalue weighted by Gasteiger charge is 2.44. The molecule has 2 unspecified atom stereocenters. The van der Waals surface area contributed by atoms with Gasteiger partial charge >= 0.3 is 0 Å². The molecule has 2 aliphatic rings. The van der Waals surface area contributed by atoms with E-state index < -0.39 is 6.17 Å². The molecule has 2 nitrogen and oxygen atoms in total. The van der Waals surface area contributed by atoms with Crippen LogP contribution in [-0.2, 0) is 0 Å². The van der Waals surface area contributed by atoms with Crippen molar-refractivity contribution in [3.8, 4) is 0 Å². The Hall–Kier alpha value is -0.150. The standard InChI is InChI=1S/C11H21FN2/c1-7-4-8-10(5-9(7)12)13-6-14-11(8,2)3/h7-10,13-14H,4-6H2,1-3H3/t7-,8?,9+,10?/m1/s1. The zero-order valence-corrected chi connectivity index (χ0v) is 9.31. The first-order valence-corrected chi connectivity index (χ1v) is 5.63. The Labute approximate surface area is 85.6 Å². The molecule has 2 N–H and O–H groups in total. The highest BCUT2D eigenvalue weighted by atomic mass is 19.1. The van der Waals surface area contributed by atoms with Crippen LogP contribution in [-0.4, -0.2) is 24.4 Å². The quantitative estimate of drug-likeness (QED) is 0.621. The van der Waals surface area contributed by atoms with Crippen molar-refractivity contribution in [3.63, 3.8) is 0 Å². The maximum Gasteiger partial charge on any atom is 0.104 e. The first-order chi connectivity index (χ1) is 6.50. The lowest BCUT2D eigenvalue weighted by atomic mass is 9.68. The van der Waals surface area contributed by atoms with Crippen molar-refractivity contribution in [2.45, 2.75) is 51.4 Å². The number of fused-ring (bicyclic) bond motifs is 1. The number of halogens is 1. The summed E-state index contributed by atoms with van der Waals surface area (Å²) >= 11 is 0. The molecule has 0 aromatic carbocycles. The van der Waals surface area contributed by atoms with Gasteiger partial charge in [-0.1, -0.05) is 6.92 Å². The van der Waals surface area contributed by atoms with E-state index in [4.69, 9.17) is 0 Å². The average molecular weight is 200 g/mol. The Morgan fingerprint density at radius 1 is 1.29 bits per heavy atom. The third-order valence-corrected chi connectivity index (χ3v) is 4.04. The number of hydrogen-bond donors (Lipinski definition) is 2. The van der Waals surface area contributed by atoms with Gasteiger partial charge in [0.25, 0.3) is 0 Å². The molecule has 4 atom stereocenters.